The van der Waals surface area contributed by atoms with Gasteiger partial charge in [0.2, 0.25) is 0 Å². The minimum absolute atomic E-state index is 0.300. The molecule has 0 saturated carbocycles. The Morgan fingerprint density at radius 2 is 2.22 bits per heavy atom. The minimum Gasteiger partial charge on any atom is -0.330 e. The van der Waals surface area contributed by atoms with E-state index in [2.05, 4.69) is 12.0 Å². The summed E-state index contributed by atoms with van der Waals surface area (Å²) < 4.78 is 1.80. The molecule has 1 unspecified atom stereocenters. The molecule has 4 nitrogen and oxygen atoms in total. The number of hydrogen-bond acceptors (Lipinski definition) is 3. The minimum atomic E-state index is 0.300. The summed E-state index contributed by atoms with van der Waals surface area (Å²) in [6, 6.07) is 1.98. The first-order chi connectivity index (χ1) is 8.56. The van der Waals surface area contributed by atoms with Gasteiger partial charge in [-0.3, -0.25) is 9.48 Å². The van der Waals surface area contributed by atoms with Crippen LogP contribution in [0.4, 0.5) is 0 Å². The topological polar surface area (TPSA) is 60.9 Å². The van der Waals surface area contributed by atoms with Crippen LogP contribution in [0.5, 0.6) is 0 Å². The van der Waals surface area contributed by atoms with E-state index in [1.165, 1.54) is 0 Å². The summed E-state index contributed by atoms with van der Waals surface area (Å²) in [5, 5.41) is 4.25. The Kier molecular flexibility index (Phi) is 6.05. The van der Waals surface area contributed by atoms with Crippen LogP contribution >= 0.6 is 0 Å². The third-order valence-electron chi connectivity index (χ3n) is 3.46. The number of aryl methyl sites for hydroxylation is 2. The number of rotatable bonds is 8. The van der Waals surface area contributed by atoms with Crippen LogP contribution < -0.4 is 5.73 Å². The maximum atomic E-state index is 11.9. The molecule has 0 saturated heterocycles. The van der Waals surface area contributed by atoms with E-state index in [1.54, 1.807) is 4.68 Å². The SMILES string of the molecule is CCC(CCN)CCC(=O)Cc1cc(C)nn1C. The van der Waals surface area contributed by atoms with Gasteiger partial charge in [0.25, 0.3) is 0 Å². The van der Waals surface area contributed by atoms with Crippen molar-refractivity contribution < 1.29 is 4.79 Å². The summed E-state index contributed by atoms with van der Waals surface area (Å²) >= 11 is 0. The van der Waals surface area contributed by atoms with E-state index in [-0.39, 0.29) is 0 Å². The van der Waals surface area contributed by atoms with Gasteiger partial charge in [-0.2, -0.15) is 5.10 Å². The van der Waals surface area contributed by atoms with Crippen molar-refractivity contribution in [3.8, 4) is 0 Å². The van der Waals surface area contributed by atoms with Gasteiger partial charge in [-0.25, -0.2) is 0 Å². The fourth-order valence-electron chi connectivity index (χ4n) is 2.27. The highest BCUT2D eigenvalue weighted by Gasteiger charge is 2.11. The molecule has 0 aliphatic rings. The summed E-state index contributed by atoms with van der Waals surface area (Å²) in [6.45, 7) is 4.82. The van der Waals surface area contributed by atoms with Crippen LogP contribution in [-0.4, -0.2) is 22.1 Å². The van der Waals surface area contributed by atoms with E-state index in [0.717, 1.165) is 30.7 Å². The highest BCUT2D eigenvalue weighted by molar-refractivity contribution is 5.80. The zero-order chi connectivity index (χ0) is 13.5. The Morgan fingerprint density at radius 1 is 1.50 bits per heavy atom. The second-order valence-electron chi connectivity index (χ2n) is 5.01. The molecule has 0 radical (unpaired) electrons. The first-order valence-corrected chi connectivity index (χ1v) is 6.78. The largest absolute Gasteiger partial charge is 0.330 e. The van der Waals surface area contributed by atoms with Gasteiger partial charge in [-0.15, -0.1) is 0 Å². The maximum Gasteiger partial charge on any atom is 0.138 e. The van der Waals surface area contributed by atoms with Crippen LogP contribution in [0.3, 0.4) is 0 Å². The molecule has 0 bridgehead atoms. The van der Waals surface area contributed by atoms with Crippen LogP contribution in [0, 0.1) is 12.8 Å². The number of aromatic nitrogens is 2. The van der Waals surface area contributed by atoms with Gasteiger partial charge in [0.05, 0.1) is 5.69 Å². The third kappa shape index (κ3) is 4.61. The molecule has 1 aromatic heterocycles. The average Bonchev–Trinajstić information content (AvgIpc) is 2.63. The molecule has 102 valence electrons. The first-order valence-electron chi connectivity index (χ1n) is 6.78. The summed E-state index contributed by atoms with van der Waals surface area (Å²) in [5.41, 5.74) is 7.53. The first kappa shape index (κ1) is 14.9. The number of carbonyl (C=O) groups excluding carboxylic acids is 1. The van der Waals surface area contributed by atoms with Crippen molar-refractivity contribution >= 4 is 5.78 Å². The zero-order valence-electron chi connectivity index (χ0n) is 11.8. The molecule has 1 aromatic rings. The number of Topliss-reactive ketones (excluding diaryl/α,β-unsaturated/α-hetero) is 1. The number of hydrogen-bond donors (Lipinski definition) is 1. The smallest absolute Gasteiger partial charge is 0.138 e. The molecule has 1 rings (SSSR count). The molecule has 0 amide bonds. The van der Waals surface area contributed by atoms with Gasteiger partial charge >= 0.3 is 0 Å². The lowest BCUT2D eigenvalue weighted by Crippen LogP contribution is -2.12. The normalized spacial score (nSPS) is 12.7. The Hall–Kier alpha value is -1.16. The number of nitrogens with zero attached hydrogens (tertiary/aromatic N) is 2. The van der Waals surface area contributed by atoms with Crippen molar-refractivity contribution in [2.24, 2.45) is 18.7 Å². The zero-order valence-corrected chi connectivity index (χ0v) is 11.8. The van der Waals surface area contributed by atoms with Gasteiger partial charge in [-0.05, 0) is 38.3 Å². The lowest BCUT2D eigenvalue weighted by atomic mass is 9.94. The van der Waals surface area contributed by atoms with Gasteiger partial charge in [0.15, 0.2) is 0 Å². The maximum absolute atomic E-state index is 11.9. The molecule has 0 aliphatic heterocycles. The summed E-state index contributed by atoms with van der Waals surface area (Å²) in [5.74, 6) is 0.890. The second-order valence-corrected chi connectivity index (χ2v) is 5.01. The predicted molar refractivity (Wildman–Crippen MR) is 73.3 cm³/mol. The Labute approximate surface area is 110 Å². The molecule has 2 N–H and O–H groups in total. The molecule has 0 aliphatic carbocycles. The fourth-order valence-corrected chi connectivity index (χ4v) is 2.27. The number of ketones is 1. The Balaban J connectivity index is 2.40. The van der Waals surface area contributed by atoms with Crippen molar-refractivity contribution in [3.05, 3.63) is 17.5 Å². The van der Waals surface area contributed by atoms with Gasteiger partial charge < -0.3 is 5.73 Å². The van der Waals surface area contributed by atoms with E-state index in [0.29, 0.717) is 31.1 Å². The van der Waals surface area contributed by atoms with Crippen molar-refractivity contribution in [3.63, 3.8) is 0 Å². The van der Waals surface area contributed by atoms with Crippen LogP contribution in [0.2, 0.25) is 0 Å². The quantitative estimate of drug-likeness (QED) is 0.768. The molecule has 0 fully saturated rings. The van der Waals surface area contributed by atoms with Crippen molar-refractivity contribution in [2.45, 2.75) is 46.0 Å². The molecule has 4 heteroatoms. The molecular formula is C14H25N3O. The molecule has 0 spiro atoms. The summed E-state index contributed by atoms with van der Waals surface area (Å²) in [4.78, 5) is 11.9. The van der Waals surface area contributed by atoms with Gasteiger partial charge in [0.1, 0.15) is 5.78 Å². The van der Waals surface area contributed by atoms with E-state index in [4.69, 9.17) is 5.73 Å². The van der Waals surface area contributed by atoms with Crippen LogP contribution in [-0.2, 0) is 18.3 Å². The van der Waals surface area contributed by atoms with E-state index >= 15 is 0 Å². The summed E-state index contributed by atoms with van der Waals surface area (Å²) in [6.07, 6.45) is 4.24. The van der Waals surface area contributed by atoms with E-state index < -0.39 is 0 Å². The molecule has 18 heavy (non-hydrogen) atoms. The Morgan fingerprint density at radius 3 is 2.72 bits per heavy atom. The van der Waals surface area contributed by atoms with Crippen LogP contribution in [0.15, 0.2) is 6.07 Å². The standard InChI is InChI=1S/C14H25N3O/c1-4-12(7-8-15)5-6-14(18)10-13-9-11(2)16-17(13)3/h9,12H,4-8,10,15H2,1-3H3. The summed E-state index contributed by atoms with van der Waals surface area (Å²) in [7, 11) is 1.89. The Bertz CT molecular complexity index is 384. The fraction of sp³-hybridized carbons (Fsp3) is 0.714. The molecule has 0 aromatic carbocycles. The molecule has 1 heterocycles. The lowest BCUT2D eigenvalue weighted by Gasteiger charge is -2.12. The van der Waals surface area contributed by atoms with E-state index in [9.17, 15) is 4.79 Å². The second kappa shape index (κ2) is 7.31. The molecular weight excluding hydrogens is 226 g/mol. The van der Waals surface area contributed by atoms with E-state index in [1.807, 2.05) is 20.0 Å². The predicted octanol–water partition coefficient (Wildman–Crippen LogP) is 2.00. The van der Waals surface area contributed by atoms with Gasteiger partial charge in [0, 0.05) is 25.6 Å². The van der Waals surface area contributed by atoms with Gasteiger partial charge in [-0.1, -0.05) is 13.3 Å². The highest BCUT2D eigenvalue weighted by atomic mass is 16.1. The van der Waals surface area contributed by atoms with Crippen molar-refractivity contribution in [2.75, 3.05) is 6.54 Å². The third-order valence-corrected chi connectivity index (χ3v) is 3.46. The molecule has 1 atom stereocenters. The van der Waals surface area contributed by atoms with Crippen molar-refractivity contribution in [1.29, 1.82) is 0 Å². The average molecular weight is 251 g/mol. The number of nitrogens with two attached hydrogens (primary N) is 1. The highest BCUT2D eigenvalue weighted by Crippen LogP contribution is 2.15. The number of carbonyl (C=O) groups is 1. The monoisotopic (exact) mass is 251 g/mol. The van der Waals surface area contributed by atoms with Crippen molar-refractivity contribution in [1.82, 2.24) is 9.78 Å². The lowest BCUT2D eigenvalue weighted by molar-refractivity contribution is -0.118. The van der Waals surface area contributed by atoms with Crippen LogP contribution in [0.1, 0.15) is 44.0 Å². The van der Waals surface area contributed by atoms with Crippen LogP contribution in [0.25, 0.3) is 0 Å².